The Morgan fingerprint density at radius 2 is 2.00 bits per heavy atom. The normalized spacial score (nSPS) is 23.3. The van der Waals surface area contributed by atoms with E-state index < -0.39 is 0 Å². The number of anilines is 1. The Hall–Kier alpha value is -1.82. The number of nitrogens with one attached hydrogen (secondary N) is 1. The summed E-state index contributed by atoms with van der Waals surface area (Å²) < 4.78 is 0. The first-order valence-corrected chi connectivity index (χ1v) is 8.59. The third-order valence-electron chi connectivity index (χ3n) is 5.14. The van der Waals surface area contributed by atoms with Crippen LogP contribution in [0.3, 0.4) is 0 Å². The van der Waals surface area contributed by atoms with Crippen molar-refractivity contribution >= 4 is 11.6 Å². The van der Waals surface area contributed by atoms with Crippen molar-refractivity contribution in [2.75, 3.05) is 5.32 Å². The van der Waals surface area contributed by atoms with E-state index in [2.05, 4.69) is 39.1 Å². The number of nitriles is 1. The Labute approximate surface area is 140 Å². The SMILES string of the molecule is CC(C)[C@H]1CCC(C)(C)C[C@@H]1C(=O)Nc1ccc(CC#N)cc1. The van der Waals surface area contributed by atoms with Crippen LogP contribution in [0.1, 0.15) is 52.5 Å². The van der Waals surface area contributed by atoms with Crippen molar-refractivity contribution < 1.29 is 4.79 Å². The minimum atomic E-state index is 0.0811. The molecule has 23 heavy (non-hydrogen) atoms. The van der Waals surface area contributed by atoms with Gasteiger partial charge in [0.2, 0.25) is 5.91 Å². The van der Waals surface area contributed by atoms with Crippen LogP contribution in [-0.2, 0) is 11.2 Å². The summed E-state index contributed by atoms with van der Waals surface area (Å²) >= 11 is 0. The maximum Gasteiger partial charge on any atom is 0.227 e. The fourth-order valence-electron chi connectivity index (χ4n) is 3.72. The molecule has 1 N–H and O–H groups in total. The van der Waals surface area contributed by atoms with Gasteiger partial charge in [0, 0.05) is 11.6 Å². The molecule has 1 saturated carbocycles. The molecule has 124 valence electrons. The minimum absolute atomic E-state index is 0.0811. The fourth-order valence-corrected chi connectivity index (χ4v) is 3.72. The standard InChI is InChI=1S/C20H28N2O/c1-14(2)17-9-11-20(3,4)13-18(17)19(23)22-16-7-5-15(6-8-16)10-12-21/h5-8,14,17-18H,9-11,13H2,1-4H3,(H,22,23)/t17-,18+/m1/s1. The van der Waals surface area contributed by atoms with Crippen LogP contribution in [0.25, 0.3) is 0 Å². The van der Waals surface area contributed by atoms with E-state index in [1.165, 1.54) is 6.42 Å². The second-order valence-corrected chi connectivity index (χ2v) is 7.94. The number of benzene rings is 1. The van der Waals surface area contributed by atoms with Gasteiger partial charge in [-0.1, -0.05) is 39.8 Å². The number of nitrogens with zero attached hydrogens (tertiary/aromatic N) is 1. The van der Waals surface area contributed by atoms with Gasteiger partial charge in [0.1, 0.15) is 0 Å². The van der Waals surface area contributed by atoms with Gasteiger partial charge in [-0.05, 0) is 54.2 Å². The molecule has 0 heterocycles. The number of carbonyl (C=O) groups excluding carboxylic acids is 1. The predicted molar refractivity (Wildman–Crippen MR) is 93.8 cm³/mol. The van der Waals surface area contributed by atoms with Crippen LogP contribution < -0.4 is 5.32 Å². The average molecular weight is 312 g/mol. The summed E-state index contributed by atoms with van der Waals surface area (Å²) in [6.45, 7) is 8.97. The molecule has 0 unspecified atom stereocenters. The van der Waals surface area contributed by atoms with E-state index in [-0.39, 0.29) is 17.2 Å². The summed E-state index contributed by atoms with van der Waals surface area (Å²) in [5, 5.41) is 11.8. The number of amides is 1. The summed E-state index contributed by atoms with van der Waals surface area (Å²) in [5.41, 5.74) is 2.04. The molecule has 0 aromatic heterocycles. The molecule has 0 saturated heterocycles. The molecule has 1 amide bonds. The molecule has 3 nitrogen and oxygen atoms in total. The van der Waals surface area contributed by atoms with Crippen molar-refractivity contribution in [2.24, 2.45) is 23.2 Å². The number of rotatable bonds is 4. The van der Waals surface area contributed by atoms with E-state index in [0.717, 1.165) is 24.1 Å². The lowest BCUT2D eigenvalue weighted by Crippen LogP contribution is -2.39. The van der Waals surface area contributed by atoms with Crippen molar-refractivity contribution in [3.05, 3.63) is 29.8 Å². The topological polar surface area (TPSA) is 52.9 Å². The van der Waals surface area contributed by atoms with E-state index in [1.54, 1.807) is 0 Å². The lowest BCUT2D eigenvalue weighted by molar-refractivity contribution is -0.125. The molecule has 0 radical (unpaired) electrons. The Kier molecular flexibility index (Phi) is 5.46. The first kappa shape index (κ1) is 17.5. The zero-order valence-corrected chi connectivity index (χ0v) is 14.7. The van der Waals surface area contributed by atoms with Crippen LogP contribution in [0.4, 0.5) is 5.69 Å². The van der Waals surface area contributed by atoms with Gasteiger partial charge in [0.25, 0.3) is 0 Å². The van der Waals surface area contributed by atoms with E-state index in [0.29, 0.717) is 18.3 Å². The van der Waals surface area contributed by atoms with Crippen LogP contribution in [0, 0.1) is 34.5 Å². The zero-order valence-electron chi connectivity index (χ0n) is 14.7. The Balaban J connectivity index is 2.09. The third kappa shape index (κ3) is 4.58. The van der Waals surface area contributed by atoms with Gasteiger partial charge < -0.3 is 5.32 Å². The van der Waals surface area contributed by atoms with Gasteiger partial charge >= 0.3 is 0 Å². The summed E-state index contributed by atoms with van der Waals surface area (Å²) in [4.78, 5) is 12.8. The van der Waals surface area contributed by atoms with Crippen molar-refractivity contribution in [1.82, 2.24) is 0 Å². The van der Waals surface area contributed by atoms with Crippen molar-refractivity contribution in [1.29, 1.82) is 5.26 Å². The second-order valence-electron chi connectivity index (χ2n) is 7.94. The van der Waals surface area contributed by atoms with Crippen LogP contribution in [-0.4, -0.2) is 5.91 Å². The van der Waals surface area contributed by atoms with Gasteiger partial charge in [0.15, 0.2) is 0 Å². The summed E-state index contributed by atoms with van der Waals surface area (Å²) in [6, 6.07) is 9.73. The molecule has 0 aliphatic heterocycles. The highest BCUT2D eigenvalue weighted by Gasteiger charge is 2.39. The molecular formula is C20H28N2O. The van der Waals surface area contributed by atoms with Gasteiger partial charge in [-0.3, -0.25) is 4.79 Å². The summed E-state index contributed by atoms with van der Waals surface area (Å²) in [5.74, 6) is 1.21. The molecule has 1 aliphatic rings. The van der Waals surface area contributed by atoms with Crippen molar-refractivity contribution in [3.8, 4) is 6.07 Å². The molecule has 2 rings (SSSR count). The largest absolute Gasteiger partial charge is 0.326 e. The lowest BCUT2D eigenvalue weighted by atomic mass is 9.64. The number of hydrogen-bond donors (Lipinski definition) is 1. The molecule has 1 aromatic rings. The van der Waals surface area contributed by atoms with Gasteiger partial charge in [0.05, 0.1) is 12.5 Å². The molecule has 0 bridgehead atoms. The van der Waals surface area contributed by atoms with Gasteiger partial charge in [-0.2, -0.15) is 5.26 Å². The second kappa shape index (κ2) is 7.17. The number of hydrogen-bond acceptors (Lipinski definition) is 2. The van der Waals surface area contributed by atoms with Crippen LogP contribution >= 0.6 is 0 Å². The highest BCUT2D eigenvalue weighted by atomic mass is 16.1. The Bertz CT molecular complexity index is 581. The van der Waals surface area contributed by atoms with Crippen LogP contribution in [0.5, 0.6) is 0 Å². The zero-order chi connectivity index (χ0) is 17.0. The molecule has 0 spiro atoms. The third-order valence-corrected chi connectivity index (χ3v) is 5.14. The maximum absolute atomic E-state index is 12.8. The van der Waals surface area contributed by atoms with Crippen molar-refractivity contribution in [2.45, 2.75) is 53.4 Å². The minimum Gasteiger partial charge on any atom is -0.326 e. The lowest BCUT2D eigenvalue weighted by Gasteiger charge is -2.41. The van der Waals surface area contributed by atoms with Gasteiger partial charge in [-0.25, -0.2) is 0 Å². The highest BCUT2D eigenvalue weighted by molar-refractivity contribution is 5.92. The summed E-state index contributed by atoms with van der Waals surface area (Å²) in [6.07, 6.45) is 3.68. The van der Waals surface area contributed by atoms with Crippen LogP contribution in [0.15, 0.2) is 24.3 Å². The first-order chi connectivity index (χ1) is 10.8. The number of carbonyl (C=O) groups is 1. The average Bonchev–Trinajstić information content (AvgIpc) is 2.48. The predicted octanol–water partition coefficient (Wildman–Crippen LogP) is 4.79. The fraction of sp³-hybridized carbons (Fsp3) is 0.600. The monoisotopic (exact) mass is 312 g/mol. The van der Waals surface area contributed by atoms with Crippen LogP contribution in [0.2, 0.25) is 0 Å². The van der Waals surface area contributed by atoms with E-state index in [4.69, 9.17) is 5.26 Å². The highest BCUT2D eigenvalue weighted by Crippen LogP contribution is 2.44. The van der Waals surface area contributed by atoms with Gasteiger partial charge in [-0.15, -0.1) is 0 Å². The smallest absolute Gasteiger partial charge is 0.227 e. The molecule has 1 aliphatic carbocycles. The summed E-state index contributed by atoms with van der Waals surface area (Å²) in [7, 11) is 0. The quantitative estimate of drug-likeness (QED) is 0.869. The Morgan fingerprint density at radius 1 is 1.35 bits per heavy atom. The molecule has 3 heteroatoms. The molecule has 2 atom stereocenters. The Morgan fingerprint density at radius 3 is 2.57 bits per heavy atom. The molecule has 1 fully saturated rings. The maximum atomic E-state index is 12.8. The van der Waals surface area contributed by atoms with Crippen molar-refractivity contribution in [3.63, 3.8) is 0 Å². The first-order valence-electron chi connectivity index (χ1n) is 8.59. The van der Waals surface area contributed by atoms with E-state index in [1.807, 2.05) is 24.3 Å². The van der Waals surface area contributed by atoms with E-state index in [9.17, 15) is 4.79 Å². The molecule has 1 aromatic carbocycles. The van der Waals surface area contributed by atoms with E-state index >= 15 is 0 Å². The molecular weight excluding hydrogens is 284 g/mol.